The highest BCUT2D eigenvalue weighted by molar-refractivity contribution is 7.98. The fourth-order valence-corrected chi connectivity index (χ4v) is 2.66. The van der Waals surface area contributed by atoms with E-state index < -0.39 is 35.8 Å². The van der Waals surface area contributed by atoms with E-state index in [9.17, 15) is 19.2 Å². The number of carbonyl (C=O) groups excluding carboxylic acids is 4. The molecule has 0 bridgehead atoms. The van der Waals surface area contributed by atoms with Gasteiger partial charge in [0.25, 0.3) is 5.91 Å². The van der Waals surface area contributed by atoms with E-state index in [4.69, 9.17) is 0 Å². The molecule has 2 amide bonds. The minimum Gasteiger partial charge on any atom is -0.469 e. The lowest BCUT2D eigenvalue weighted by molar-refractivity contribution is -0.150. The molecule has 0 heterocycles. The summed E-state index contributed by atoms with van der Waals surface area (Å²) in [5.41, 5.74) is 0.415. The topological polar surface area (TPSA) is 111 Å². The number of nitrogens with one attached hydrogen (secondary N) is 2. The molecule has 0 unspecified atom stereocenters. The van der Waals surface area contributed by atoms with Gasteiger partial charge in [0.1, 0.15) is 12.1 Å². The lowest BCUT2D eigenvalue weighted by Gasteiger charge is -2.21. The molecule has 1 aromatic rings. The summed E-state index contributed by atoms with van der Waals surface area (Å²) in [6.45, 7) is 0. The molecule has 0 aliphatic carbocycles. The van der Waals surface area contributed by atoms with Crippen molar-refractivity contribution in [3.63, 3.8) is 0 Å². The van der Waals surface area contributed by atoms with Crippen LogP contribution < -0.4 is 10.6 Å². The van der Waals surface area contributed by atoms with Crippen LogP contribution in [0.3, 0.4) is 0 Å². The van der Waals surface area contributed by atoms with E-state index in [1.54, 1.807) is 30.3 Å². The number of esters is 2. The Kier molecular flexibility index (Phi) is 9.95. The van der Waals surface area contributed by atoms with Crippen molar-refractivity contribution < 1.29 is 28.7 Å². The van der Waals surface area contributed by atoms with E-state index in [0.29, 0.717) is 17.7 Å². The van der Waals surface area contributed by atoms with Crippen LogP contribution in [0.25, 0.3) is 0 Å². The monoisotopic (exact) mass is 396 g/mol. The third-order valence-corrected chi connectivity index (χ3v) is 4.31. The van der Waals surface area contributed by atoms with E-state index in [1.165, 1.54) is 18.9 Å². The van der Waals surface area contributed by atoms with Crippen LogP contribution in [0.4, 0.5) is 0 Å². The van der Waals surface area contributed by atoms with Crippen molar-refractivity contribution >= 4 is 35.5 Å². The van der Waals surface area contributed by atoms with Gasteiger partial charge in [-0.25, -0.2) is 4.79 Å². The molecule has 0 radical (unpaired) electrons. The zero-order valence-corrected chi connectivity index (χ0v) is 16.3. The average molecular weight is 396 g/mol. The normalized spacial score (nSPS) is 12.4. The third kappa shape index (κ3) is 7.69. The molecule has 0 saturated heterocycles. The second-order valence-electron chi connectivity index (χ2n) is 5.54. The second-order valence-corrected chi connectivity index (χ2v) is 6.52. The van der Waals surface area contributed by atoms with Gasteiger partial charge in [0, 0.05) is 5.56 Å². The Bertz CT molecular complexity index is 653. The van der Waals surface area contributed by atoms with Gasteiger partial charge in [-0.15, -0.1) is 0 Å². The zero-order chi connectivity index (χ0) is 20.2. The molecule has 148 valence electrons. The Morgan fingerprint density at radius 1 is 1.00 bits per heavy atom. The summed E-state index contributed by atoms with van der Waals surface area (Å²) in [7, 11) is 2.33. The van der Waals surface area contributed by atoms with E-state index in [-0.39, 0.29) is 6.42 Å². The molecule has 0 aliphatic rings. The molecule has 0 fully saturated rings. The van der Waals surface area contributed by atoms with Crippen LogP contribution in [0.1, 0.15) is 23.2 Å². The van der Waals surface area contributed by atoms with Gasteiger partial charge in [-0.05, 0) is 30.6 Å². The summed E-state index contributed by atoms with van der Waals surface area (Å²) in [5.74, 6) is -1.80. The molecule has 0 aromatic heterocycles. The largest absolute Gasteiger partial charge is 0.469 e. The Balaban J connectivity index is 2.86. The maximum Gasteiger partial charge on any atom is 0.328 e. The minimum atomic E-state index is -1.19. The molecular formula is C18H24N2O6S. The van der Waals surface area contributed by atoms with Crippen molar-refractivity contribution in [1.29, 1.82) is 0 Å². The van der Waals surface area contributed by atoms with Crippen molar-refractivity contribution in [3.8, 4) is 0 Å². The van der Waals surface area contributed by atoms with Crippen LogP contribution >= 0.6 is 11.8 Å². The maximum atomic E-state index is 12.6. The first-order valence-electron chi connectivity index (χ1n) is 8.22. The van der Waals surface area contributed by atoms with Crippen LogP contribution in [-0.4, -0.2) is 62.1 Å². The molecule has 2 atom stereocenters. The summed E-state index contributed by atoms with van der Waals surface area (Å²) in [6, 6.07) is 6.42. The molecule has 1 aromatic carbocycles. The Labute approximate surface area is 162 Å². The van der Waals surface area contributed by atoms with Crippen molar-refractivity contribution in [2.75, 3.05) is 26.2 Å². The van der Waals surface area contributed by atoms with Gasteiger partial charge >= 0.3 is 11.9 Å². The van der Waals surface area contributed by atoms with Crippen LogP contribution in [0.5, 0.6) is 0 Å². The van der Waals surface area contributed by atoms with Crippen LogP contribution in [0.2, 0.25) is 0 Å². The molecule has 8 nitrogen and oxygen atoms in total. The first-order valence-corrected chi connectivity index (χ1v) is 9.62. The number of amides is 2. The summed E-state index contributed by atoms with van der Waals surface area (Å²) in [5, 5.41) is 5.13. The Morgan fingerprint density at radius 3 is 2.22 bits per heavy atom. The van der Waals surface area contributed by atoms with Crippen molar-refractivity contribution in [2.24, 2.45) is 0 Å². The van der Waals surface area contributed by atoms with Gasteiger partial charge < -0.3 is 20.1 Å². The van der Waals surface area contributed by atoms with Crippen molar-refractivity contribution in [3.05, 3.63) is 35.9 Å². The van der Waals surface area contributed by atoms with Crippen LogP contribution in [-0.2, 0) is 23.9 Å². The van der Waals surface area contributed by atoms with Gasteiger partial charge in [0.15, 0.2) is 0 Å². The maximum absolute atomic E-state index is 12.6. The van der Waals surface area contributed by atoms with Crippen molar-refractivity contribution in [1.82, 2.24) is 10.6 Å². The lowest BCUT2D eigenvalue weighted by Crippen LogP contribution is -2.52. The Hall–Kier alpha value is -2.55. The predicted octanol–water partition coefficient (Wildman–Crippen LogP) is 0.759. The van der Waals surface area contributed by atoms with Crippen LogP contribution in [0.15, 0.2) is 30.3 Å². The SMILES string of the molecule is COC(=O)C[C@H](NC(=O)[C@H](CCSC)NC(=O)c1ccccc1)C(=O)OC. The molecule has 0 saturated carbocycles. The van der Waals surface area contributed by atoms with E-state index >= 15 is 0 Å². The quantitative estimate of drug-likeness (QED) is 0.562. The Morgan fingerprint density at radius 2 is 1.67 bits per heavy atom. The highest BCUT2D eigenvalue weighted by Crippen LogP contribution is 2.06. The number of benzene rings is 1. The second kappa shape index (κ2) is 11.9. The van der Waals surface area contributed by atoms with Gasteiger partial charge in [-0.2, -0.15) is 11.8 Å². The number of hydrogen-bond acceptors (Lipinski definition) is 7. The standard InChI is InChI=1S/C18H24N2O6S/c1-25-15(21)11-14(18(24)26-2)20-17(23)13(9-10-27-3)19-16(22)12-7-5-4-6-8-12/h4-8,13-14H,9-11H2,1-3H3,(H,19,22)(H,20,23)/t13-,14-/m0/s1. The number of methoxy groups -OCH3 is 2. The molecule has 9 heteroatoms. The van der Waals surface area contributed by atoms with E-state index in [2.05, 4.69) is 20.1 Å². The summed E-state index contributed by atoms with van der Waals surface area (Å²) in [6.07, 6.45) is 1.87. The zero-order valence-electron chi connectivity index (χ0n) is 15.5. The average Bonchev–Trinajstić information content (AvgIpc) is 2.69. The molecule has 2 N–H and O–H groups in total. The number of carbonyl (C=O) groups is 4. The minimum absolute atomic E-state index is 0.359. The van der Waals surface area contributed by atoms with Gasteiger partial charge in [-0.1, -0.05) is 18.2 Å². The molecule has 0 spiro atoms. The smallest absolute Gasteiger partial charge is 0.328 e. The third-order valence-electron chi connectivity index (χ3n) is 3.67. The summed E-state index contributed by atoms with van der Waals surface area (Å²) >= 11 is 1.52. The first kappa shape index (κ1) is 22.5. The van der Waals surface area contributed by atoms with E-state index in [0.717, 1.165) is 7.11 Å². The molecular weight excluding hydrogens is 372 g/mol. The highest BCUT2D eigenvalue weighted by atomic mass is 32.2. The number of thioether (sulfide) groups is 1. The fraction of sp³-hybridized carbons (Fsp3) is 0.444. The van der Waals surface area contributed by atoms with E-state index in [1.807, 2.05) is 6.26 Å². The molecule has 0 aliphatic heterocycles. The predicted molar refractivity (Wildman–Crippen MR) is 101 cm³/mol. The number of hydrogen-bond donors (Lipinski definition) is 2. The van der Waals surface area contributed by atoms with Gasteiger partial charge in [0.05, 0.1) is 20.6 Å². The van der Waals surface area contributed by atoms with Crippen LogP contribution in [0, 0.1) is 0 Å². The van der Waals surface area contributed by atoms with Gasteiger partial charge in [-0.3, -0.25) is 14.4 Å². The highest BCUT2D eigenvalue weighted by Gasteiger charge is 2.29. The summed E-state index contributed by atoms with van der Waals surface area (Å²) in [4.78, 5) is 48.3. The van der Waals surface area contributed by atoms with Crippen molar-refractivity contribution in [2.45, 2.75) is 24.9 Å². The number of ether oxygens (including phenoxy) is 2. The number of rotatable bonds is 10. The van der Waals surface area contributed by atoms with Gasteiger partial charge in [0.2, 0.25) is 5.91 Å². The molecule has 1 rings (SSSR count). The molecule has 27 heavy (non-hydrogen) atoms. The fourth-order valence-electron chi connectivity index (χ4n) is 2.19. The summed E-state index contributed by atoms with van der Waals surface area (Å²) < 4.78 is 9.15. The lowest BCUT2D eigenvalue weighted by atomic mass is 10.1. The first-order chi connectivity index (χ1) is 12.9.